The maximum Gasteiger partial charge on any atom is 0.323 e. The van der Waals surface area contributed by atoms with E-state index < -0.39 is 5.91 Å². The lowest BCUT2D eigenvalue weighted by molar-refractivity contribution is 0.0943. The molecule has 1 aromatic carbocycles. The molecule has 0 aliphatic carbocycles. The molecular formula is C20H18FN5O3. The topological polar surface area (TPSA) is 107 Å². The van der Waals surface area contributed by atoms with Crippen molar-refractivity contribution in [2.75, 3.05) is 18.0 Å². The number of hydrogen-bond donors (Lipinski definition) is 3. The molecule has 0 unspecified atom stereocenters. The molecule has 1 saturated heterocycles. The van der Waals surface area contributed by atoms with Gasteiger partial charge in [0, 0.05) is 31.2 Å². The molecule has 148 valence electrons. The number of hydrogen-bond acceptors (Lipinski definition) is 5. The quantitative estimate of drug-likeness (QED) is 0.628. The standard InChI is InChI=1S/C20H18FN5O3/c21-13-6-4-12(5-7-13)11-24-19(28)16-17(27)15-14(3-1-8-22-15)18(25-16)26-10-2-9-23-20(26)29/h1,3-8,27H,2,9-11H2,(H,23,29)(H,24,28). The molecule has 0 spiro atoms. The summed E-state index contributed by atoms with van der Waals surface area (Å²) >= 11 is 0. The Bertz CT molecular complexity index is 1090. The fraction of sp³-hybridized carbons (Fsp3) is 0.200. The Morgan fingerprint density at radius 3 is 2.83 bits per heavy atom. The van der Waals surface area contributed by atoms with Crippen LogP contribution in [-0.2, 0) is 6.54 Å². The molecule has 4 rings (SSSR count). The average Bonchev–Trinajstić information content (AvgIpc) is 2.74. The number of anilines is 1. The maximum atomic E-state index is 13.0. The molecular weight excluding hydrogens is 377 g/mol. The van der Waals surface area contributed by atoms with Gasteiger partial charge in [-0.25, -0.2) is 14.2 Å². The van der Waals surface area contributed by atoms with Gasteiger partial charge in [0.1, 0.15) is 17.2 Å². The van der Waals surface area contributed by atoms with E-state index in [1.807, 2.05) is 0 Å². The second kappa shape index (κ2) is 7.70. The van der Waals surface area contributed by atoms with Gasteiger partial charge in [0.25, 0.3) is 5.91 Å². The number of carbonyl (C=O) groups is 2. The molecule has 29 heavy (non-hydrogen) atoms. The Hall–Kier alpha value is -3.75. The first-order valence-corrected chi connectivity index (χ1v) is 9.10. The van der Waals surface area contributed by atoms with Crippen LogP contribution in [0.15, 0.2) is 42.6 Å². The van der Waals surface area contributed by atoms with Crippen molar-refractivity contribution in [2.45, 2.75) is 13.0 Å². The molecule has 3 aromatic rings. The molecule has 1 aliphatic rings. The van der Waals surface area contributed by atoms with Crippen molar-refractivity contribution in [1.82, 2.24) is 20.6 Å². The third-order valence-corrected chi connectivity index (χ3v) is 4.63. The summed E-state index contributed by atoms with van der Waals surface area (Å²) in [6, 6.07) is 8.73. The summed E-state index contributed by atoms with van der Waals surface area (Å²) < 4.78 is 13.0. The second-order valence-electron chi connectivity index (χ2n) is 6.58. The van der Waals surface area contributed by atoms with Crippen LogP contribution in [0.3, 0.4) is 0 Å². The van der Waals surface area contributed by atoms with E-state index in [0.29, 0.717) is 24.0 Å². The van der Waals surface area contributed by atoms with Gasteiger partial charge in [0.15, 0.2) is 11.4 Å². The van der Waals surface area contributed by atoms with Crippen molar-refractivity contribution in [2.24, 2.45) is 0 Å². The van der Waals surface area contributed by atoms with E-state index in [1.165, 1.54) is 23.2 Å². The zero-order valence-corrected chi connectivity index (χ0v) is 15.4. The van der Waals surface area contributed by atoms with Gasteiger partial charge in [-0.1, -0.05) is 12.1 Å². The average molecular weight is 395 g/mol. The number of aromatic hydroxyl groups is 1. The van der Waals surface area contributed by atoms with Gasteiger partial charge in [0.05, 0.1) is 0 Å². The van der Waals surface area contributed by atoms with E-state index in [-0.39, 0.29) is 41.2 Å². The predicted molar refractivity (Wildman–Crippen MR) is 104 cm³/mol. The van der Waals surface area contributed by atoms with Crippen molar-refractivity contribution >= 4 is 28.7 Å². The predicted octanol–water partition coefficient (Wildman–Crippen LogP) is 2.32. The van der Waals surface area contributed by atoms with Crippen LogP contribution in [0.5, 0.6) is 5.75 Å². The third kappa shape index (κ3) is 3.66. The molecule has 0 bridgehead atoms. The van der Waals surface area contributed by atoms with Crippen molar-refractivity contribution in [1.29, 1.82) is 0 Å². The Balaban J connectivity index is 1.70. The first-order chi connectivity index (χ1) is 14.0. The minimum Gasteiger partial charge on any atom is -0.504 e. The van der Waals surface area contributed by atoms with Gasteiger partial charge < -0.3 is 15.7 Å². The summed E-state index contributed by atoms with van der Waals surface area (Å²) in [6.07, 6.45) is 2.21. The Labute approximate surface area is 165 Å². The second-order valence-corrected chi connectivity index (χ2v) is 6.58. The highest BCUT2D eigenvalue weighted by Gasteiger charge is 2.27. The van der Waals surface area contributed by atoms with E-state index in [0.717, 1.165) is 6.42 Å². The summed E-state index contributed by atoms with van der Waals surface area (Å²) in [5.41, 5.74) is 0.642. The van der Waals surface area contributed by atoms with E-state index in [1.54, 1.807) is 24.3 Å². The molecule has 3 amide bonds. The van der Waals surface area contributed by atoms with Crippen LogP contribution in [-0.4, -0.2) is 40.1 Å². The molecule has 1 fully saturated rings. The van der Waals surface area contributed by atoms with E-state index in [2.05, 4.69) is 20.6 Å². The van der Waals surface area contributed by atoms with E-state index in [4.69, 9.17) is 0 Å². The van der Waals surface area contributed by atoms with Crippen LogP contribution in [0.25, 0.3) is 10.9 Å². The Morgan fingerprint density at radius 1 is 1.28 bits per heavy atom. The number of nitrogens with zero attached hydrogens (tertiary/aromatic N) is 3. The molecule has 8 nitrogen and oxygen atoms in total. The highest BCUT2D eigenvalue weighted by Crippen LogP contribution is 2.33. The highest BCUT2D eigenvalue weighted by molar-refractivity contribution is 6.07. The van der Waals surface area contributed by atoms with Crippen LogP contribution >= 0.6 is 0 Å². The fourth-order valence-electron chi connectivity index (χ4n) is 3.17. The lowest BCUT2D eigenvalue weighted by atomic mass is 10.1. The Morgan fingerprint density at radius 2 is 2.07 bits per heavy atom. The minimum atomic E-state index is -0.627. The van der Waals surface area contributed by atoms with Crippen molar-refractivity contribution in [3.63, 3.8) is 0 Å². The van der Waals surface area contributed by atoms with Crippen molar-refractivity contribution < 1.29 is 19.1 Å². The summed E-state index contributed by atoms with van der Waals surface area (Å²) in [7, 11) is 0. The van der Waals surface area contributed by atoms with Crippen molar-refractivity contribution in [3.05, 3.63) is 59.7 Å². The molecule has 1 aliphatic heterocycles. The lowest BCUT2D eigenvalue weighted by Crippen LogP contribution is -2.47. The number of urea groups is 1. The number of pyridine rings is 2. The smallest absolute Gasteiger partial charge is 0.323 e. The SMILES string of the molecule is O=C(NCc1ccc(F)cc1)c1nc(N2CCCNC2=O)c2cccnc2c1O. The maximum absolute atomic E-state index is 13.0. The molecule has 2 aromatic heterocycles. The summed E-state index contributed by atoms with van der Waals surface area (Å²) in [5, 5.41) is 16.5. The number of amides is 3. The number of nitrogens with one attached hydrogen (secondary N) is 2. The van der Waals surface area contributed by atoms with Gasteiger partial charge in [0.2, 0.25) is 0 Å². The number of halogens is 1. The third-order valence-electron chi connectivity index (χ3n) is 4.63. The first-order valence-electron chi connectivity index (χ1n) is 9.10. The molecule has 0 saturated carbocycles. The minimum absolute atomic E-state index is 0.125. The molecule has 3 N–H and O–H groups in total. The first kappa shape index (κ1) is 18.6. The number of benzene rings is 1. The number of carbonyl (C=O) groups excluding carboxylic acids is 2. The van der Waals surface area contributed by atoms with Crippen LogP contribution in [0, 0.1) is 5.82 Å². The molecule has 0 atom stereocenters. The van der Waals surface area contributed by atoms with Gasteiger partial charge in [-0.3, -0.25) is 14.7 Å². The molecule has 0 radical (unpaired) electrons. The highest BCUT2D eigenvalue weighted by atomic mass is 19.1. The number of aromatic nitrogens is 2. The van der Waals surface area contributed by atoms with E-state index >= 15 is 0 Å². The summed E-state index contributed by atoms with van der Waals surface area (Å²) in [4.78, 5) is 34.9. The van der Waals surface area contributed by atoms with Gasteiger partial charge in [-0.05, 0) is 36.2 Å². The van der Waals surface area contributed by atoms with Gasteiger partial charge >= 0.3 is 6.03 Å². The van der Waals surface area contributed by atoms with Crippen LogP contribution in [0.1, 0.15) is 22.5 Å². The van der Waals surface area contributed by atoms with Crippen LogP contribution in [0.4, 0.5) is 15.0 Å². The largest absolute Gasteiger partial charge is 0.504 e. The molecule has 9 heteroatoms. The van der Waals surface area contributed by atoms with Crippen LogP contribution < -0.4 is 15.5 Å². The lowest BCUT2D eigenvalue weighted by Gasteiger charge is -2.27. The van der Waals surface area contributed by atoms with Gasteiger partial charge in [-0.2, -0.15) is 0 Å². The zero-order chi connectivity index (χ0) is 20.4. The van der Waals surface area contributed by atoms with Gasteiger partial charge in [-0.15, -0.1) is 0 Å². The number of fused-ring (bicyclic) bond motifs is 1. The van der Waals surface area contributed by atoms with Crippen LogP contribution in [0.2, 0.25) is 0 Å². The number of rotatable bonds is 4. The normalized spacial score (nSPS) is 14.0. The molecule has 3 heterocycles. The monoisotopic (exact) mass is 395 g/mol. The van der Waals surface area contributed by atoms with E-state index in [9.17, 15) is 19.1 Å². The zero-order valence-electron chi connectivity index (χ0n) is 15.4. The Kier molecular flexibility index (Phi) is 4.94. The fourth-order valence-corrected chi connectivity index (χ4v) is 3.17. The van der Waals surface area contributed by atoms with Crippen molar-refractivity contribution in [3.8, 4) is 5.75 Å². The summed E-state index contributed by atoms with van der Waals surface area (Å²) in [6.45, 7) is 1.12. The summed E-state index contributed by atoms with van der Waals surface area (Å²) in [5.74, 6) is -1.10.